The largest absolute Gasteiger partial charge is 0.478 e. The van der Waals surface area contributed by atoms with Gasteiger partial charge in [0.15, 0.2) is 0 Å². The molecule has 0 bridgehead atoms. The van der Waals surface area contributed by atoms with Crippen molar-refractivity contribution in [1.82, 2.24) is 0 Å². The van der Waals surface area contributed by atoms with E-state index < -0.39 is 5.97 Å². The van der Waals surface area contributed by atoms with Crippen LogP contribution in [0.3, 0.4) is 0 Å². The van der Waals surface area contributed by atoms with Gasteiger partial charge < -0.3 is 5.11 Å². The van der Waals surface area contributed by atoms with Gasteiger partial charge >= 0.3 is 5.97 Å². The Morgan fingerprint density at radius 3 is 2.71 bits per heavy atom. The molecule has 0 saturated carbocycles. The lowest BCUT2D eigenvalue weighted by Gasteiger charge is -2.01. The monoisotopic (exact) mass is 298 g/mol. The van der Waals surface area contributed by atoms with Crippen molar-refractivity contribution in [2.45, 2.75) is 0 Å². The molecule has 70 valence electrons. The summed E-state index contributed by atoms with van der Waals surface area (Å²) in [5, 5.41) is 10.9. The minimum atomic E-state index is -0.883. The van der Waals surface area contributed by atoms with Crippen LogP contribution in [0, 0.1) is 3.57 Å². The third-order valence-electron chi connectivity index (χ3n) is 2.08. The van der Waals surface area contributed by atoms with Gasteiger partial charge in [-0.25, -0.2) is 4.79 Å². The van der Waals surface area contributed by atoms with Gasteiger partial charge in [-0.15, -0.1) is 0 Å². The molecule has 0 aliphatic rings. The molecule has 14 heavy (non-hydrogen) atoms. The van der Waals surface area contributed by atoms with Gasteiger partial charge in [0.05, 0.1) is 5.56 Å². The number of carbonyl (C=O) groups is 1. The first-order chi connectivity index (χ1) is 6.68. The summed E-state index contributed by atoms with van der Waals surface area (Å²) in [4.78, 5) is 10.8. The van der Waals surface area contributed by atoms with E-state index in [1.54, 1.807) is 12.1 Å². The zero-order chi connectivity index (χ0) is 10.1. The number of rotatable bonds is 1. The van der Waals surface area contributed by atoms with Crippen LogP contribution in [-0.4, -0.2) is 11.1 Å². The van der Waals surface area contributed by atoms with E-state index in [0.717, 1.165) is 14.3 Å². The van der Waals surface area contributed by atoms with Crippen molar-refractivity contribution in [3.8, 4) is 0 Å². The van der Waals surface area contributed by atoms with E-state index in [1.165, 1.54) is 0 Å². The van der Waals surface area contributed by atoms with Gasteiger partial charge in [0.1, 0.15) is 0 Å². The summed E-state index contributed by atoms with van der Waals surface area (Å²) < 4.78 is 1.07. The number of carboxylic acid groups (broad SMARTS) is 1. The Bertz CT molecular complexity index is 506. The van der Waals surface area contributed by atoms with E-state index in [0.29, 0.717) is 5.56 Å². The predicted molar refractivity (Wildman–Crippen MR) is 63.6 cm³/mol. The average molecular weight is 298 g/mol. The maximum absolute atomic E-state index is 10.8. The highest BCUT2D eigenvalue weighted by Crippen LogP contribution is 2.21. The molecule has 0 amide bonds. The number of fused-ring (bicyclic) bond motifs is 1. The lowest BCUT2D eigenvalue weighted by molar-refractivity contribution is 0.0697. The summed E-state index contributed by atoms with van der Waals surface area (Å²) in [6, 6.07) is 11.1. The smallest absolute Gasteiger partial charge is 0.335 e. The molecule has 3 heteroatoms. The number of aromatic carboxylic acids is 1. The summed E-state index contributed by atoms with van der Waals surface area (Å²) in [7, 11) is 0. The van der Waals surface area contributed by atoms with E-state index in [1.807, 2.05) is 24.3 Å². The van der Waals surface area contributed by atoms with Crippen molar-refractivity contribution in [3.05, 3.63) is 45.5 Å². The molecule has 2 aromatic carbocycles. The molecule has 0 radical (unpaired) electrons. The topological polar surface area (TPSA) is 37.3 Å². The van der Waals surface area contributed by atoms with Crippen molar-refractivity contribution < 1.29 is 9.90 Å². The minimum Gasteiger partial charge on any atom is -0.478 e. The first-order valence-electron chi connectivity index (χ1n) is 4.10. The van der Waals surface area contributed by atoms with Gasteiger partial charge in [0, 0.05) is 3.57 Å². The van der Waals surface area contributed by atoms with Gasteiger partial charge in [-0.3, -0.25) is 0 Å². The van der Waals surface area contributed by atoms with Crippen LogP contribution in [0.5, 0.6) is 0 Å². The Morgan fingerprint density at radius 2 is 2.00 bits per heavy atom. The van der Waals surface area contributed by atoms with Crippen molar-refractivity contribution in [2.24, 2.45) is 0 Å². The molecule has 0 aliphatic carbocycles. The Balaban J connectivity index is 2.76. The van der Waals surface area contributed by atoms with E-state index >= 15 is 0 Å². The summed E-state index contributed by atoms with van der Waals surface area (Å²) >= 11 is 2.21. The van der Waals surface area contributed by atoms with Crippen molar-refractivity contribution >= 4 is 39.3 Å². The zero-order valence-electron chi connectivity index (χ0n) is 7.20. The van der Waals surface area contributed by atoms with E-state index in [2.05, 4.69) is 22.6 Å². The molecule has 2 rings (SSSR count). The van der Waals surface area contributed by atoms with Crippen LogP contribution in [0.25, 0.3) is 10.8 Å². The number of halogens is 1. The quantitative estimate of drug-likeness (QED) is 0.821. The van der Waals surface area contributed by atoms with Gasteiger partial charge in [0.25, 0.3) is 0 Å². The molecule has 0 heterocycles. The summed E-state index contributed by atoms with van der Waals surface area (Å²) in [5.74, 6) is -0.883. The Labute approximate surface area is 94.7 Å². The summed E-state index contributed by atoms with van der Waals surface area (Å²) in [5.41, 5.74) is 0.335. The standard InChI is InChI=1S/C11H7IO2/c12-10-3-1-2-7-4-5-8(11(13)14)6-9(7)10/h1-6H,(H,13,14). The van der Waals surface area contributed by atoms with Crippen molar-refractivity contribution in [2.75, 3.05) is 0 Å². The molecule has 1 N–H and O–H groups in total. The van der Waals surface area contributed by atoms with Crippen LogP contribution >= 0.6 is 22.6 Å². The highest BCUT2D eigenvalue weighted by molar-refractivity contribution is 14.1. The number of hydrogen-bond acceptors (Lipinski definition) is 1. The second kappa shape index (κ2) is 3.57. The molecule has 0 spiro atoms. The average Bonchev–Trinajstić information content (AvgIpc) is 2.18. The Hall–Kier alpha value is -1.10. The maximum atomic E-state index is 10.8. The molecule has 2 aromatic rings. The van der Waals surface area contributed by atoms with Gasteiger partial charge in [-0.1, -0.05) is 18.2 Å². The molecule has 0 unspecified atom stereocenters. The second-order valence-electron chi connectivity index (χ2n) is 2.98. The fraction of sp³-hybridized carbons (Fsp3) is 0. The summed E-state index contributed by atoms with van der Waals surface area (Å²) in [6.45, 7) is 0. The molecule has 0 fully saturated rings. The molecular weight excluding hydrogens is 291 g/mol. The fourth-order valence-corrected chi connectivity index (χ4v) is 2.04. The van der Waals surface area contributed by atoms with Crippen molar-refractivity contribution in [3.63, 3.8) is 0 Å². The molecular formula is C11H7IO2. The third kappa shape index (κ3) is 1.59. The van der Waals surface area contributed by atoms with Crippen LogP contribution in [0.15, 0.2) is 36.4 Å². The van der Waals surface area contributed by atoms with Crippen molar-refractivity contribution in [1.29, 1.82) is 0 Å². The number of benzene rings is 2. The number of hydrogen-bond donors (Lipinski definition) is 1. The second-order valence-corrected chi connectivity index (χ2v) is 4.14. The third-order valence-corrected chi connectivity index (χ3v) is 3.02. The van der Waals surface area contributed by atoms with Gasteiger partial charge in [0.2, 0.25) is 0 Å². The van der Waals surface area contributed by atoms with E-state index in [9.17, 15) is 4.79 Å². The molecule has 0 aromatic heterocycles. The SMILES string of the molecule is O=C(O)c1ccc2cccc(I)c2c1. The Morgan fingerprint density at radius 1 is 1.21 bits per heavy atom. The van der Waals surface area contributed by atoms with Crippen LogP contribution < -0.4 is 0 Å². The van der Waals surface area contributed by atoms with Crippen LogP contribution in [0.4, 0.5) is 0 Å². The van der Waals surface area contributed by atoms with Gasteiger partial charge in [-0.05, 0) is 51.6 Å². The lowest BCUT2D eigenvalue weighted by atomic mass is 10.1. The number of carboxylic acids is 1. The van der Waals surface area contributed by atoms with Crippen LogP contribution in [0.2, 0.25) is 0 Å². The van der Waals surface area contributed by atoms with Crippen LogP contribution in [-0.2, 0) is 0 Å². The molecule has 2 nitrogen and oxygen atoms in total. The highest BCUT2D eigenvalue weighted by Gasteiger charge is 2.04. The first-order valence-corrected chi connectivity index (χ1v) is 5.18. The first kappa shape index (κ1) is 9.45. The zero-order valence-corrected chi connectivity index (χ0v) is 9.36. The highest BCUT2D eigenvalue weighted by atomic mass is 127. The van der Waals surface area contributed by atoms with Crippen LogP contribution in [0.1, 0.15) is 10.4 Å². The molecule has 0 saturated heterocycles. The molecule has 0 aliphatic heterocycles. The predicted octanol–water partition coefficient (Wildman–Crippen LogP) is 3.14. The fourth-order valence-electron chi connectivity index (χ4n) is 1.37. The lowest BCUT2D eigenvalue weighted by Crippen LogP contribution is -1.95. The van der Waals surface area contributed by atoms with E-state index in [4.69, 9.17) is 5.11 Å². The Kier molecular flexibility index (Phi) is 2.41. The minimum absolute atomic E-state index is 0.335. The maximum Gasteiger partial charge on any atom is 0.335 e. The van der Waals surface area contributed by atoms with Gasteiger partial charge in [-0.2, -0.15) is 0 Å². The van der Waals surface area contributed by atoms with E-state index in [-0.39, 0.29) is 0 Å². The summed E-state index contributed by atoms with van der Waals surface area (Å²) in [6.07, 6.45) is 0. The molecule has 0 atom stereocenters. The normalized spacial score (nSPS) is 10.4.